The Labute approximate surface area is 174 Å². The van der Waals surface area contributed by atoms with Gasteiger partial charge in [-0.05, 0) is 40.3 Å². The Bertz CT molecular complexity index is 1090. The summed E-state index contributed by atoms with van der Waals surface area (Å²) in [6.07, 6.45) is -0.0653. The summed E-state index contributed by atoms with van der Waals surface area (Å²) in [5.74, 6) is -1.47. The van der Waals surface area contributed by atoms with Crippen LogP contribution in [0.2, 0.25) is 0 Å². The van der Waals surface area contributed by atoms with Crippen LogP contribution in [0.15, 0.2) is 72.8 Å². The molecule has 5 heteroatoms. The highest BCUT2D eigenvalue weighted by atomic mass is 16.6. The van der Waals surface area contributed by atoms with E-state index in [4.69, 9.17) is 4.74 Å². The first-order chi connectivity index (χ1) is 14.6. The van der Waals surface area contributed by atoms with Crippen molar-refractivity contribution < 1.29 is 19.4 Å². The number of anilines is 1. The topological polar surface area (TPSA) is 66.8 Å². The molecule has 30 heavy (non-hydrogen) atoms. The molecule has 5 nitrogen and oxygen atoms in total. The highest BCUT2D eigenvalue weighted by molar-refractivity contribution is 5.92. The number of benzene rings is 3. The molecule has 1 aliphatic carbocycles. The minimum atomic E-state index is -0.866. The van der Waals surface area contributed by atoms with Crippen molar-refractivity contribution in [2.24, 2.45) is 0 Å². The number of carbonyl (C=O) groups excluding carboxylic acids is 1. The van der Waals surface area contributed by atoms with Gasteiger partial charge in [-0.3, -0.25) is 9.69 Å². The average molecular weight is 399 g/mol. The van der Waals surface area contributed by atoms with Crippen LogP contribution < -0.4 is 4.90 Å². The summed E-state index contributed by atoms with van der Waals surface area (Å²) in [5, 5.41) is 9.51. The van der Waals surface area contributed by atoms with E-state index in [1.807, 2.05) is 30.3 Å². The molecule has 1 atom stereocenters. The molecule has 1 aliphatic heterocycles. The molecular formula is C25H21NO4. The number of para-hydroxylation sites is 1. The third kappa shape index (κ3) is 2.94. The number of aliphatic carboxylic acids is 1. The molecule has 3 aromatic carbocycles. The van der Waals surface area contributed by atoms with Crippen molar-refractivity contribution in [2.75, 3.05) is 18.1 Å². The Balaban J connectivity index is 1.38. The smallest absolute Gasteiger partial charge is 0.414 e. The largest absolute Gasteiger partial charge is 0.481 e. The zero-order chi connectivity index (χ0) is 20.7. The third-order valence-corrected chi connectivity index (χ3v) is 6.10. The van der Waals surface area contributed by atoms with E-state index >= 15 is 0 Å². The van der Waals surface area contributed by atoms with Crippen LogP contribution in [0, 0.1) is 0 Å². The van der Waals surface area contributed by atoms with Gasteiger partial charge < -0.3 is 9.84 Å². The van der Waals surface area contributed by atoms with Gasteiger partial charge in [-0.2, -0.15) is 0 Å². The fourth-order valence-corrected chi connectivity index (χ4v) is 4.68. The summed E-state index contributed by atoms with van der Waals surface area (Å²) in [6.45, 7) is 0.568. The van der Waals surface area contributed by atoms with Crippen molar-refractivity contribution in [1.82, 2.24) is 0 Å². The molecule has 0 saturated carbocycles. The summed E-state index contributed by atoms with van der Waals surface area (Å²) in [4.78, 5) is 26.1. The number of hydrogen-bond donors (Lipinski definition) is 1. The molecule has 0 fully saturated rings. The van der Waals surface area contributed by atoms with E-state index in [1.54, 1.807) is 23.1 Å². The second-order valence-corrected chi connectivity index (χ2v) is 7.69. The van der Waals surface area contributed by atoms with Crippen molar-refractivity contribution >= 4 is 17.7 Å². The lowest BCUT2D eigenvalue weighted by molar-refractivity contribution is -0.139. The molecule has 2 aliphatic rings. The molecule has 0 saturated heterocycles. The number of nitrogens with zero attached hydrogens (tertiary/aromatic N) is 1. The first-order valence-electron chi connectivity index (χ1n) is 10.1. The standard InChI is InChI=1S/C25H21NO4/c27-24(28)21-13-14-26(23-12-6-5-11-20(21)23)25(29)30-15-22-18-9-3-1-7-16(18)17-8-2-4-10-19(17)22/h1-12,21-22H,13-15H2,(H,27,28). The van der Waals surface area contributed by atoms with Crippen LogP contribution in [-0.2, 0) is 9.53 Å². The number of hydrogen-bond acceptors (Lipinski definition) is 3. The molecule has 1 heterocycles. The number of carboxylic acids is 1. The molecule has 3 aromatic rings. The molecule has 0 spiro atoms. The minimum Gasteiger partial charge on any atom is -0.481 e. The van der Waals surface area contributed by atoms with Gasteiger partial charge in [0.05, 0.1) is 11.6 Å². The number of fused-ring (bicyclic) bond motifs is 4. The maximum atomic E-state index is 13.0. The lowest BCUT2D eigenvalue weighted by Gasteiger charge is -2.32. The van der Waals surface area contributed by atoms with E-state index in [0.717, 1.165) is 11.1 Å². The Morgan fingerprint density at radius 1 is 0.867 bits per heavy atom. The van der Waals surface area contributed by atoms with Gasteiger partial charge in [-0.1, -0.05) is 66.7 Å². The maximum Gasteiger partial charge on any atom is 0.414 e. The van der Waals surface area contributed by atoms with Gasteiger partial charge in [-0.25, -0.2) is 4.79 Å². The second-order valence-electron chi connectivity index (χ2n) is 7.69. The molecule has 150 valence electrons. The number of carboxylic acid groups (broad SMARTS) is 1. The Hall–Kier alpha value is -3.60. The maximum absolute atomic E-state index is 13.0. The van der Waals surface area contributed by atoms with Crippen molar-refractivity contribution in [3.8, 4) is 11.1 Å². The van der Waals surface area contributed by atoms with E-state index < -0.39 is 18.0 Å². The van der Waals surface area contributed by atoms with Crippen molar-refractivity contribution in [3.63, 3.8) is 0 Å². The third-order valence-electron chi connectivity index (χ3n) is 6.10. The minimum absolute atomic E-state index is 0.00634. The quantitative estimate of drug-likeness (QED) is 0.672. The van der Waals surface area contributed by atoms with E-state index in [2.05, 4.69) is 24.3 Å². The fraction of sp³-hybridized carbons (Fsp3) is 0.200. The Kier molecular flexibility index (Phi) is 4.51. The molecule has 1 amide bonds. The number of rotatable bonds is 3. The van der Waals surface area contributed by atoms with Gasteiger partial charge in [0.1, 0.15) is 6.61 Å². The number of ether oxygens (including phenoxy) is 1. The molecule has 0 aromatic heterocycles. The fourth-order valence-electron chi connectivity index (χ4n) is 4.68. The van der Waals surface area contributed by atoms with Gasteiger partial charge in [0.15, 0.2) is 0 Å². The lowest BCUT2D eigenvalue weighted by Crippen LogP contribution is -2.39. The highest BCUT2D eigenvalue weighted by Crippen LogP contribution is 2.44. The van der Waals surface area contributed by atoms with Crippen molar-refractivity contribution in [3.05, 3.63) is 89.5 Å². The Morgan fingerprint density at radius 3 is 2.07 bits per heavy atom. The summed E-state index contributed by atoms with van der Waals surface area (Å²) >= 11 is 0. The number of carbonyl (C=O) groups is 2. The highest BCUT2D eigenvalue weighted by Gasteiger charge is 2.34. The number of amides is 1. The van der Waals surface area contributed by atoms with E-state index in [-0.39, 0.29) is 12.5 Å². The predicted molar refractivity (Wildman–Crippen MR) is 114 cm³/mol. The van der Waals surface area contributed by atoms with Crippen LogP contribution in [-0.4, -0.2) is 30.3 Å². The van der Waals surface area contributed by atoms with Crippen LogP contribution in [0.25, 0.3) is 11.1 Å². The van der Waals surface area contributed by atoms with Gasteiger partial charge in [0.25, 0.3) is 0 Å². The molecule has 0 radical (unpaired) electrons. The molecule has 0 bridgehead atoms. The summed E-state index contributed by atoms with van der Waals surface area (Å²) in [5.41, 5.74) is 5.97. The van der Waals surface area contributed by atoms with Crippen molar-refractivity contribution in [2.45, 2.75) is 18.3 Å². The van der Waals surface area contributed by atoms with Gasteiger partial charge >= 0.3 is 12.1 Å². The van der Waals surface area contributed by atoms with Gasteiger partial charge in [-0.15, -0.1) is 0 Å². The first-order valence-corrected chi connectivity index (χ1v) is 10.1. The summed E-state index contributed by atoms with van der Waals surface area (Å²) in [6, 6.07) is 23.6. The monoisotopic (exact) mass is 399 g/mol. The average Bonchev–Trinajstić information content (AvgIpc) is 3.10. The molecular weight excluding hydrogens is 378 g/mol. The Morgan fingerprint density at radius 2 is 1.43 bits per heavy atom. The lowest BCUT2D eigenvalue weighted by atomic mass is 9.90. The van der Waals surface area contributed by atoms with Crippen LogP contribution in [0.1, 0.15) is 34.9 Å². The SMILES string of the molecule is O=C(O)C1CCN(C(=O)OCC2c3ccccc3-c3ccccc32)c2ccccc21. The molecule has 5 rings (SSSR count). The van der Waals surface area contributed by atoms with Gasteiger partial charge in [0.2, 0.25) is 0 Å². The normalized spacial score (nSPS) is 17.1. The van der Waals surface area contributed by atoms with E-state index in [9.17, 15) is 14.7 Å². The first kappa shape index (κ1) is 18.4. The van der Waals surface area contributed by atoms with Crippen LogP contribution >= 0.6 is 0 Å². The van der Waals surface area contributed by atoms with Gasteiger partial charge in [0, 0.05) is 12.5 Å². The van der Waals surface area contributed by atoms with E-state index in [1.165, 1.54) is 11.1 Å². The molecule has 1 N–H and O–H groups in total. The van der Waals surface area contributed by atoms with Crippen LogP contribution in [0.4, 0.5) is 10.5 Å². The second kappa shape index (κ2) is 7.34. The predicted octanol–water partition coefficient (Wildman–Crippen LogP) is 5.01. The van der Waals surface area contributed by atoms with Crippen LogP contribution in [0.5, 0.6) is 0 Å². The van der Waals surface area contributed by atoms with Crippen LogP contribution in [0.3, 0.4) is 0 Å². The molecule has 1 unspecified atom stereocenters. The summed E-state index contributed by atoms with van der Waals surface area (Å²) in [7, 11) is 0. The van der Waals surface area contributed by atoms with Crippen molar-refractivity contribution in [1.29, 1.82) is 0 Å². The zero-order valence-electron chi connectivity index (χ0n) is 16.3. The van der Waals surface area contributed by atoms with E-state index in [0.29, 0.717) is 24.2 Å². The summed E-state index contributed by atoms with van der Waals surface area (Å²) < 4.78 is 5.77. The zero-order valence-corrected chi connectivity index (χ0v) is 16.3.